The van der Waals surface area contributed by atoms with E-state index in [4.69, 9.17) is 19.2 Å². The summed E-state index contributed by atoms with van der Waals surface area (Å²) in [5, 5.41) is 0. The van der Waals surface area contributed by atoms with E-state index in [0.29, 0.717) is 39.4 Å². The smallest absolute Gasteiger partial charge is 0.338 e. The van der Waals surface area contributed by atoms with Gasteiger partial charge in [-0.3, -0.25) is 9.36 Å². The third-order valence-corrected chi connectivity index (χ3v) is 7.64. The summed E-state index contributed by atoms with van der Waals surface area (Å²) in [6.07, 6.45) is 4.17. The Morgan fingerprint density at radius 3 is 2.53 bits per heavy atom. The maximum Gasteiger partial charge on any atom is 0.338 e. The fourth-order valence-corrected chi connectivity index (χ4v) is 5.90. The molecule has 1 aromatic heterocycles. The molecule has 2 heterocycles. The minimum absolute atomic E-state index is 0.214. The molecule has 1 aliphatic heterocycles. The highest BCUT2D eigenvalue weighted by molar-refractivity contribution is 9.10. The van der Waals surface area contributed by atoms with Crippen molar-refractivity contribution < 1.29 is 19.0 Å². The van der Waals surface area contributed by atoms with E-state index in [-0.39, 0.29) is 12.2 Å². The van der Waals surface area contributed by atoms with Crippen LogP contribution in [0.4, 0.5) is 0 Å². The lowest BCUT2D eigenvalue weighted by Crippen LogP contribution is -2.40. The summed E-state index contributed by atoms with van der Waals surface area (Å²) in [4.78, 5) is 32.5. The molecule has 0 saturated carbocycles. The lowest BCUT2D eigenvalue weighted by molar-refractivity contribution is -0.139. The van der Waals surface area contributed by atoms with Gasteiger partial charge in [0.15, 0.2) is 4.80 Å². The van der Waals surface area contributed by atoms with Crippen molar-refractivity contribution in [1.82, 2.24) is 4.57 Å². The van der Waals surface area contributed by atoms with Crippen molar-refractivity contribution in [3.05, 3.63) is 89.0 Å². The van der Waals surface area contributed by atoms with Crippen LogP contribution in [0.15, 0.2) is 68.0 Å². The summed E-state index contributed by atoms with van der Waals surface area (Å²) < 4.78 is 19.4. The lowest BCUT2D eigenvalue weighted by Gasteiger charge is -2.26. The summed E-state index contributed by atoms with van der Waals surface area (Å²) in [6.45, 7) is 6.74. The second-order valence-electron chi connectivity index (χ2n) is 8.73. The first-order valence-corrected chi connectivity index (χ1v) is 14.3. The maximum atomic E-state index is 13.9. The minimum Gasteiger partial charge on any atom is -0.496 e. The van der Waals surface area contributed by atoms with Gasteiger partial charge in [-0.15, -0.1) is 0 Å². The van der Waals surface area contributed by atoms with Crippen molar-refractivity contribution in [2.45, 2.75) is 46.1 Å². The number of halogens is 1. The molecule has 0 fully saturated rings. The van der Waals surface area contributed by atoms with Crippen molar-refractivity contribution in [2.75, 3.05) is 20.3 Å². The Morgan fingerprint density at radius 2 is 1.89 bits per heavy atom. The molecule has 9 heteroatoms. The van der Waals surface area contributed by atoms with E-state index < -0.39 is 12.0 Å². The Balaban J connectivity index is 1.90. The zero-order valence-corrected chi connectivity index (χ0v) is 24.4. The Hall–Kier alpha value is -3.17. The monoisotopic (exact) mass is 598 g/mol. The molecule has 0 amide bonds. The molecule has 0 N–H and O–H groups in total. The molecule has 0 unspecified atom stereocenters. The molecule has 200 valence electrons. The van der Waals surface area contributed by atoms with Crippen molar-refractivity contribution >= 4 is 39.3 Å². The summed E-state index contributed by atoms with van der Waals surface area (Å²) in [5.74, 6) is 0.982. The number of methoxy groups -OCH3 is 1. The number of benzene rings is 2. The molecule has 0 bridgehead atoms. The van der Waals surface area contributed by atoms with Gasteiger partial charge >= 0.3 is 5.97 Å². The zero-order valence-electron chi connectivity index (χ0n) is 22.0. The number of hydrogen-bond acceptors (Lipinski definition) is 7. The third kappa shape index (κ3) is 5.78. The SMILES string of the molecule is CCCOc1ccc(/C=c2\sc3n(c2=O)[C@H](c2ccc(OC)c(Br)c2)C(C(=O)OCC)=C(CCC)N=3)cc1. The van der Waals surface area contributed by atoms with Crippen LogP contribution >= 0.6 is 27.3 Å². The van der Waals surface area contributed by atoms with Gasteiger partial charge in [0, 0.05) is 0 Å². The summed E-state index contributed by atoms with van der Waals surface area (Å²) in [6, 6.07) is 12.5. The van der Waals surface area contributed by atoms with E-state index in [1.165, 1.54) is 11.3 Å². The van der Waals surface area contributed by atoms with Crippen LogP contribution in [0.1, 0.15) is 57.2 Å². The number of ether oxygens (including phenoxy) is 3. The van der Waals surface area contributed by atoms with Gasteiger partial charge in [0.05, 0.1) is 46.6 Å². The summed E-state index contributed by atoms with van der Waals surface area (Å²) >= 11 is 4.87. The Morgan fingerprint density at radius 1 is 1.13 bits per heavy atom. The number of aromatic nitrogens is 1. The molecule has 4 rings (SSSR count). The Labute approximate surface area is 234 Å². The van der Waals surface area contributed by atoms with Crippen LogP contribution in [-0.2, 0) is 9.53 Å². The van der Waals surface area contributed by atoms with Gasteiger partial charge in [-0.2, -0.15) is 0 Å². The number of thiazole rings is 1. The van der Waals surface area contributed by atoms with Gasteiger partial charge < -0.3 is 14.2 Å². The highest BCUT2D eigenvalue weighted by Crippen LogP contribution is 2.36. The van der Waals surface area contributed by atoms with Crippen molar-refractivity contribution in [2.24, 2.45) is 4.99 Å². The highest BCUT2D eigenvalue weighted by atomic mass is 79.9. The molecular weight excluding hydrogens is 568 g/mol. The Bertz CT molecular complexity index is 1520. The first-order valence-electron chi connectivity index (χ1n) is 12.7. The second kappa shape index (κ2) is 12.6. The van der Waals surface area contributed by atoms with E-state index in [2.05, 4.69) is 22.9 Å². The molecule has 0 spiro atoms. The number of esters is 1. The Kier molecular flexibility index (Phi) is 9.22. The van der Waals surface area contributed by atoms with Crippen LogP contribution in [0.5, 0.6) is 11.5 Å². The average Bonchev–Trinajstić information content (AvgIpc) is 3.22. The number of allylic oxidation sites excluding steroid dienone is 1. The molecule has 38 heavy (non-hydrogen) atoms. The first kappa shape index (κ1) is 27.9. The largest absolute Gasteiger partial charge is 0.496 e. The van der Waals surface area contributed by atoms with Crippen molar-refractivity contribution in [3.8, 4) is 11.5 Å². The molecule has 0 aliphatic carbocycles. The third-order valence-electron chi connectivity index (χ3n) is 6.03. The lowest BCUT2D eigenvalue weighted by atomic mass is 9.94. The van der Waals surface area contributed by atoms with Crippen LogP contribution in [0.2, 0.25) is 0 Å². The summed E-state index contributed by atoms with van der Waals surface area (Å²) in [7, 11) is 1.59. The maximum absolute atomic E-state index is 13.9. The van der Waals surface area contributed by atoms with Gasteiger partial charge in [0.2, 0.25) is 0 Å². The normalized spacial score (nSPS) is 15.2. The molecule has 1 aliphatic rings. The molecule has 0 saturated heterocycles. The van der Waals surface area contributed by atoms with E-state index in [1.807, 2.05) is 55.5 Å². The quantitative estimate of drug-likeness (QED) is 0.302. The van der Waals surface area contributed by atoms with Crippen molar-refractivity contribution in [3.63, 3.8) is 0 Å². The van der Waals surface area contributed by atoms with Gasteiger partial charge in [-0.1, -0.05) is 49.8 Å². The highest BCUT2D eigenvalue weighted by Gasteiger charge is 2.34. The predicted molar refractivity (Wildman–Crippen MR) is 153 cm³/mol. The fourth-order valence-electron chi connectivity index (χ4n) is 4.32. The van der Waals surface area contributed by atoms with E-state index in [0.717, 1.165) is 34.2 Å². The number of fused-ring (bicyclic) bond motifs is 1. The van der Waals surface area contributed by atoms with Crippen LogP contribution in [0.25, 0.3) is 6.08 Å². The first-order chi connectivity index (χ1) is 18.4. The zero-order chi connectivity index (χ0) is 27.2. The molecule has 1 atom stereocenters. The molecule has 3 aromatic rings. The van der Waals surface area contributed by atoms with Gasteiger partial charge in [0.1, 0.15) is 11.5 Å². The molecule has 7 nitrogen and oxygen atoms in total. The minimum atomic E-state index is -0.680. The molecular formula is C29H31BrN2O5S. The predicted octanol–water partition coefficient (Wildman–Crippen LogP) is 5.14. The number of carbonyl (C=O) groups is 1. The van der Waals surface area contributed by atoms with Crippen molar-refractivity contribution in [1.29, 1.82) is 0 Å². The van der Waals surface area contributed by atoms with Crippen LogP contribution in [0.3, 0.4) is 0 Å². The average molecular weight is 600 g/mol. The van der Waals surface area contributed by atoms with Gasteiger partial charge in [-0.25, -0.2) is 9.79 Å². The van der Waals surface area contributed by atoms with E-state index in [9.17, 15) is 9.59 Å². The van der Waals surface area contributed by atoms with Crippen LogP contribution in [-0.4, -0.2) is 30.9 Å². The molecule has 0 radical (unpaired) electrons. The topological polar surface area (TPSA) is 79.1 Å². The standard InChI is InChI=1S/C29H31BrN2O5S/c1-5-8-22-25(28(34)36-7-3)26(19-11-14-23(35-4)21(30)17-19)32-27(33)24(38-29(32)31-22)16-18-9-12-20(13-10-18)37-15-6-2/h9-14,16-17,26H,5-8,15H2,1-4H3/b24-16-/t26-/m1/s1. The second-order valence-corrected chi connectivity index (χ2v) is 10.6. The fraction of sp³-hybridized carbons (Fsp3) is 0.345. The van der Waals surface area contributed by atoms with E-state index >= 15 is 0 Å². The number of nitrogens with zero attached hydrogens (tertiary/aromatic N) is 2. The number of hydrogen-bond donors (Lipinski definition) is 0. The van der Waals surface area contributed by atoms with E-state index in [1.54, 1.807) is 18.6 Å². The van der Waals surface area contributed by atoms with Gasteiger partial charge in [-0.05, 0) is 77.2 Å². The number of carbonyl (C=O) groups excluding carboxylic acids is 1. The molecule has 2 aromatic carbocycles. The van der Waals surface area contributed by atoms with Crippen LogP contribution in [0, 0.1) is 0 Å². The van der Waals surface area contributed by atoms with Gasteiger partial charge in [0.25, 0.3) is 5.56 Å². The summed E-state index contributed by atoms with van der Waals surface area (Å²) in [5.41, 5.74) is 2.46. The number of rotatable bonds is 10. The van der Waals surface area contributed by atoms with Crippen LogP contribution < -0.4 is 24.4 Å².